The van der Waals surface area contributed by atoms with E-state index in [0.717, 1.165) is 0 Å². The molecule has 4 rings (SSSR count). The largest absolute Gasteiger partial charge is 0.416 e. The third kappa shape index (κ3) is 7.24. The number of anilines is 2. The summed E-state index contributed by atoms with van der Waals surface area (Å²) < 4.78 is 75.9. The fraction of sp³-hybridized carbons (Fsp3) is 0.462. The van der Waals surface area contributed by atoms with Crippen molar-refractivity contribution in [2.75, 3.05) is 22.9 Å². The Labute approximate surface area is 237 Å². The first-order chi connectivity index (χ1) is 18.7. The highest BCUT2D eigenvalue weighted by atomic mass is 35.5. The zero-order valence-electron chi connectivity index (χ0n) is 20.7. The van der Waals surface area contributed by atoms with Gasteiger partial charge < -0.3 is 20.0 Å². The topological polar surface area (TPSA) is 55.7 Å². The minimum absolute atomic E-state index is 0.199. The summed E-state index contributed by atoms with van der Waals surface area (Å²) in [6.45, 7) is 14.6. The highest BCUT2D eigenvalue weighted by molar-refractivity contribution is 6.34. The Morgan fingerprint density at radius 1 is 0.725 bits per heavy atom. The average Bonchev–Trinajstić information content (AvgIpc) is 3.57. The summed E-state index contributed by atoms with van der Waals surface area (Å²) in [4.78, 5) is 9.40. The van der Waals surface area contributed by atoms with E-state index in [1.165, 1.54) is 34.1 Å². The highest BCUT2D eigenvalue weighted by Gasteiger charge is 2.48. The van der Waals surface area contributed by atoms with E-state index in [9.17, 15) is 36.6 Å². The molecule has 2 N–H and O–H groups in total. The smallest absolute Gasteiger partial charge is 0.382 e. The van der Waals surface area contributed by atoms with Crippen molar-refractivity contribution in [2.24, 2.45) is 0 Å². The zero-order valence-corrected chi connectivity index (χ0v) is 22.2. The molecule has 2 aliphatic heterocycles. The van der Waals surface area contributed by atoms with Crippen LogP contribution in [0.3, 0.4) is 0 Å². The fourth-order valence-corrected chi connectivity index (χ4v) is 5.28. The monoisotopic (exact) mass is 608 g/mol. The minimum atomic E-state index is -4.65. The molecule has 2 aromatic carbocycles. The van der Waals surface area contributed by atoms with E-state index in [1.807, 2.05) is 0 Å². The summed E-state index contributed by atoms with van der Waals surface area (Å²) in [6, 6.07) is 6.98. The zero-order chi connectivity index (χ0) is 29.8. The van der Waals surface area contributed by atoms with Crippen LogP contribution in [-0.2, 0) is 0 Å². The van der Waals surface area contributed by atoms with Crippen molar-refractivity contribution in [3.05, 3.63) is 69.3 Å². The van der Waals surface area contributed by atoms with Gasteiger partial charge in [0.2, 0.25) is 11.4 Å². The second-order valence-electron chi connectivity index (χ2n) is 9.27. The van der Waals surface area contributed by atoms with Gasteiger partial charge in [-0.3, -0.25) is 0 Å². The first kappa shape index (κ1) is 31.6. The average molecular weight is 609 g/mol. The van der Waals surface area contributed by atoms with Crippen LogP contribution in [0.5, 0.6) is 0 Å². The third-order valence-corrected chi connectivity index (χ3v) is 7.37. The van der Waals surface area contributed by atoms with Gasteiger partial charge in [0.25, 0.3) is 0 Å². The molecular formula is C26H24Cl2F6N4O2. The lowest BCUT2D eigenvalue weighted by Gasteiger charge is -2.31. The summed E-state index contributed by atoms with van der Waals surface area (Å²) >= 11 is 11.8. The van der Waals surface area contributed by atoms with Crippen molar-refractivity contribution < 1.29 is 36.6 Å². The summed E-state index contributed by atoms with van der Waals surface area (Å²) in [5.74, 6) is 0. The van der Waals surface area contributed by atoms with E-state index in [0.29, 0.717) is 37.3 Å². The molecule has 0 amide bonds. The standard InChI is InChI=1S/2C13H12ClF3N2O/c2*1-18-10-5-4-8(7-9(10)14)19-6-2-3-11(19)12(20)13(15,16)17/h2*4-5,7,11-12,20H,2-3,6H2/t11-,12+;11-,12-/m11/s1. The lowest BCUT2D eigenvalue weighted by molar-refractivity contribution is -0.209. The number of aliphatic hydroxyl groups is 2. The SMILES string of the molecule is [C-]#[N+]c1ccc(N2CCC[C@@H]2[C@@H](O)C(F)(F)F)cc1Cl.[C-]#[N+]c1ccc(N2CCC[C@@H]2[C@H](O)C(F)(F)F)cc1Cl. The van der Waals surface area contributed by atoms with E-state index in [4.69, 9.17) is 36.3 Å². The van der Waals surface area contributed by atoms with E-state index in [1.54, 1.807) is 12.1 Å². The molecule has 2 heterocycles. The maximum Gasteiger partial charge on any atom is 0.416 e. The van der Waals surface area contributed by atoms with Crippen LogP contribution in [0.2, 0.25) is 10.0 Å². The molecule has 2 aromatic rings. The maximum atomic E-state index is 12.6. The van der Waals surface area contributed by atoms with Crippen molar-refractivity contribution in [3.8, 4) is 0 Å². The number of alkyl halides is 6. The van der Waals surface area contributed by atoms with E-state index in [-0.39, 0.29) is 34.3 Å². The molecule has 2 aliphatic rings. The molecule has 14 heteroatoms. The predicted molar refractivity (Wildman–Crippen MR) is 140 cm³/mol. The minimum Gasteiger partial charge on any atom is -0.382 e. The van der Waals surface area contributed by atoms with Gasteiger partial charge in [0, 0.05) is 34.5 Å². The summed E-state index contributed by atoms with van der Waals surface area (Å²) in [6.07, 6.45) is -12.4. The first-order valence-corrected chi connectivity index (χ1v) is 12.8. The van der Waals surface area contributed by atoms with Gasteiger partial charge in [-0.2, -0.15) is 26.3 Å². The molecule has 4 atom stereocenters. The lowest BCUT2D eigenvalue weighted by atomic mass is 10.1. The van der Waals surface area contributed by atoms with E-state index in [2.05, 4.69) is 9.69 Å². The van der Waals surface area contributed by atoms with Gasteiger partial charge in [-0.25, -0.2) is 9.69 Å². The van der Waals surface area contributed by atoms with Gasteiger partial charge >= 0.3 is 12.4 Å². The normalized spacial score (nSPS) is 20.8. The molecule has 40 heavy (non-hydrogen) atoms. The molecular weight excluding hydrogens is 585 g/mol. The summed E-state index contributed by atoms with van der Waals surface area (Å²) in [5, 5.41) is 19.3. The Bertz CT molecular complexity index is 1180. The molecule has 0 unspecified atom stereocenters. The Balaban J connectivity index is 0.000000220. The quantitative estimate of drug-likeness (QED) is 0.278. The molecule has 0 bridgehead atoms. The number of halogens is 8. The Morgan fingerprint density at radius 3 is 1.35 bits per heavy atom. The first-order valence-electron chi connectivity index (χ1n) is 12.1. The molecule has 2 saturated heterocycles. The number of rotatable bonds is 4. The van der Waals surface area contributed by atoms with Gasteiger partial charge in [-0.1, -0.05) is 35.3 Å². The molecule has 0 spiro atoms. The van der Waals surface area contributed by atoms with Crippen molar-refractivity contribution in [3.63, 3.8) is 0 Å². The van der Waals surface area contributed by atoms with Crippen molar-refractivity contribution in [1.82, 2.24) is 0 Å². The van der Waals surface area contributed by atoms with Crippen molar-refractivity contribution in [1.29, 1.82) is 0 Å². The van der Waals surface area contributed by atoms with Gasteiger partial charge in [-0.05, 0) is 49.9 Å². The predicted octanol–water partition coefficient (Wildman–Crippen LogP) is 7.57. The summed E-state index contributed by atoms with van der Waals surface area (Å²) in [5.41, 5.74) is 1.49. The van der Waals surface area contributed by atoms with E-state index < -0.39 is 36.6 Å². The number of aliphatic hydroxyl groups excluding tert-OH is 2. The number of hydrogen-bond donors (Lipinski definition) is 2. The number of hydrogen-bond acceptors (Lipinski definition) is 4. The number of nitrogens with zero attached hydrogens (tertiary/aromatic N) is 4. The van der Waals surface area contributed by atoms with Crippen LogP contribution in [-0.4, -0.2) is 59.9 Å². The van der Waals surface area contributed by atoms with E-state index >= 15 is 0 Å². The second kappa shape index (κ2) is 12.7. The van der Waals surface area contributed by atoms with Crippen LogP contribution in [0.4, 0.5) is 49.1 Å². The van der Waals surface area contributed by atoms with Gasteiger partial charge in [-0.15, -0.1) is 0 Å². The molecule has 2 fully saturated rings. The molecule has 0 radical (unpaired) electrons. The van der Waals surface area contributed by atoms with Gasteiger partial charge in [0.15, 0.2) is 12.2 Å². The molecule has 0 aromatic heterocycles. The summed E-state index contributed by atoms with van der Waals surface area (Å²) in [7, 11) is 0. The molecule has 0 aliphatic carbocycles. The maximum absolute atomic E-state index is 12.6. The Morgan fingerprint density at radius 2 is 1.07 bits per heavy atom. The molecule has 6 nitrogen and oxygen atoms in total. The molecule has 216 valence electrons. The van der Waals surface area contributed by atoms with Gasteiger partial charge in [0.1, 0.15) is 0 Å². The Kier molecular flexibility index (Phi) is 10.1. The van der Waals surface area contributed by atoms with Gasteiger partial charge in [0.05, 0.1) is 25.2 Å². The highest BCUT2D eigenvalue weighted by Crippen LogP contribution is 2.38. The Hall–Kier alpha value is -2.90. The van der Waals surface area contributed by atoms with Crippen molar-refractivity contribution >= 4 is 46.0 Å². The van der Waals surface area contributed by atoms with Crippen LogP contribution >= 0.6 is 23.2 Å². The lowest BCUT2D eigenvalue weighted by Crippen LogP contribution is -2.47. The fourth-order valence-electron chi connectivity index (χ4n) is 4.85. The van der Waals surface area contributed by atoms with Crippen LogP contribution in [0.1, 0.15) is 25.7 Å². The van der Waals surface area contributed by atoms with Crippen LogP contribution in [0.25, 0.3) is 9.69 Å². The van der Waals surface area contributed by atoms with Crippen LogP contribution in [0, 0.1) is 13.1 Å². The molecule has 0 saturated carbocycles. The number of benzene rings is 2. The van der Waals surface area contributed by atoms with Crippen LogP contribution < -0.4 is 9.80 Å². The second-order valence-corrected chi connectivity index (χ2v) is 10.1. The van der Waals surface area contributed by atoms with Crippen molar-refractivity contribution in [2.45, 2.75) is 62.3 Å². The third-order valence-electron chi connectivity index (χ3n) is 6.76. The van der Waals surface area contributed by atoms with Crippen LogP contribution in [0.15, 0.2) is 36.4 Å².